The molecule has 0 radical (unpaired) electrons. The van der Waals surface area contributed by atoms with Crippen LogP contribution < -0.4 is 11.1 Å². The molecule has 2 heterocycles. The molecule has 31 heavy (non-hydrogen) atoms. The highest BCUT2D eigenvalue weighted by molar-refractivity contribution is 6.11. The second-order valence-electron chi connectivity index (χ2n) is 8.04. The molecule has 2 aromatic heterocycles. The van der Waals surface area contributed by atoms with E-state index in [0.29, 0.717) is 27.8 Å². The molecule has 156 valence electrons. The maximum atomic E-state index is 13.2. The first-order chi connectivity index (χ1) is 15.0. The van der Waals surface area contributed by atoms with Crippen LogP contribution >= 0.6 is 0 Å². The average Bonchev–Trinajstić information content (AvgIpc) is 3.37. The molecule has 1 aliphatic carbocycles. The molecule has 0 atom stereocenters. The Labute approximate surface area is 179 Å². The van der Waals surface area contributed by atoms with Gasteiger partial charge in [0.15, 0.2) is 11.4 Å². The molecule has 0 bridgehead atoms. The molecule has 0 unspecified atom stereocenters. The van der Waals surface area contributed by atoms with Gasteiger partial charge in [-0.15, -0.1) is 0 Å². The van der Waals surface area contributed by atoms with E-state index in [-0.39, 0.29) is 23.6 Å². The Kier molecular flexibility index (Phi) is 4.66. The summed E-state index contributed by atoms with van der Waals surface area (Å²) in [7, 11) is 0. The fourth-order valence-electron chi connectivity index (χ4n) is 4.32. The monoisotopic (exact) mass is 413 g/mol. The lowest BCUT2D eigenvalue weighted by Gasteiger charge is -2.12. The number of fused-ring (bicyclic) bond motifs is 2. The van der Waals surface area contributed by atoms with Crippen LogP contribution in [0.4, 0.5) is 5.82 Å². The molecule has 5 rings (SSSR count). The Bertz CT molecular complexity index is 1320. The zero-order valence-electron chi connectivity index (χ0n) is 17.3. The lowest BCUT2D eigenvalue weighted by molar-refractivity contribution is 0.0939. The summed E-state index contributed by atoms with van der Waals surface area (Å²) in [5.41, 5.74) is 10.6. The van der Waals surface area contributed by atoms with Gasteiger partial charge in [-0.2, -0.15) is 0 Å². The molecular formula is C24H23N5O2. The van der Waals surface area contributed by atoms with Crippen LogP contribution in [-0.4, -0.2) is 32.3 Å². The van der Waals surface area contributed by atoms with Crippen molar-refractivity contribution in [1.82, 2.24) is 19.9 Å². The molecule has 7 heteroatoms. The number of Topliss-reactive ketones (excluding diaryl/α,β-unsaturated/α-hetero) is 1. The molecule has 1 amide bonds. The molecule has 1 saturated carbocycles. The molecule has 1 aliphatic rings. The van der Waals surface area contributed by atoms with Gasteiger partial charge in [0.25, 0.3) is 5.91 Å². The quantitative estimate of drug-likeness (QED) is 0.492. The summed E-state index contributed by atoms with van der Waals surface area (Å²) in [6, 6.07) is 14.8. The summed E-state index contributed by atoms with van der Waals surface area (Å²) in [4.78, 5) is 34.4. The van der Waals surface area contributed by atoms with Crippen LogP contribution in [0.15, 0.2) is 48.5 Å². The second-order valence-corrected chi connectivity index (χ2v) is 8.04. The Hall–Kier alpha value is -3.74. The molecule has 0 spiro atoms. The van der Waals surface area contributed by atoms with Gasteiger partial charge in [-0.25, -0.2) is 9.97 Å². The number of ketones is 1. The Morgan fingerprint density at radius 2 is 1.65 bits per heavy atom. The van der Waals surface area contributed by atoms with E-state index in [4.69, 9.17) is 15.7 Å². The van der Waals surface area contributed by atoms with Crippen LogP contribution in [0.25, 0.3) is 27.9 Å². The number of anilines is 1. The summed E-state index contributed by atoms with van der Waals surface area (Å²) < 4.78 is 1.74. The van der Waals surface area contributed by atoms with E-state index in [9.17, 15) is 9.59 Å². The summed E-state index contributed by atoms with van der Waals surface area (Å²) in [6.07, 6.45) is 4.20. The SMILES string of the molecule is CC(=O)c1ccc(-n2c(N)c(C(=O)NC3CCCC3)c3nc4ccccc4nc32)cc1. The third-order valence-corrected chi connectivity index (χ3v) is 5.95. The number of para-hydroxylation sites is 2. The minimum absolute atomic E-state index is 0.0145. The van der Waals surface area contributed by atoms with Crippen molar-refractivity contribution in [2.45, 2.75) is 38.6 Å². The number of carbonyl (C=O) groups excluding carboxylic acids is 2. The number of carbonyl (C=O) groups is 2. The predicted molar refractivity (Wildman–Crippen MR) is 121 cm³/mol. The highest BCUT2D eigenvalue weighted by Crippen LogP contribution is 2.31. The Balaban J connectivity index is 1.72. The van der Waals surface area contributed by atoms with Crippen LogP contribution in [0, 0.1) is 0 Å². The highest BCUT2D eigenvalue weighted by atomic mass is 16.1. The number of aromatic nitrogens is 3. The van der Waals surface area contributed by atoms with E-state index in [0.717, 1.165) is 36.9 Å². The fourth-order valence-corrected chi connectivity index (χ4v) is 4.32. The van der Waals surface area contributed by atoms with Crippen molar-refractivity contribution >= 4 is 39.7 Å². The number of nitrogens with two attached hydrogens (primary N) is 1. The predicted octanol–water partition coefficient (Wildman–Crippen LogP) is 4.03. The first-order valence-corrected chi connectivity index (χ1v) is 10.5. The van der Waals surface area contributed by atoms with Crippen LogP contribution in [0.2, 0.25) is 0 Å². The molecule has 2 aromatic carbocycles. The molecule has 4 aromatic rings. The van der Waals surface area contributed by atoms with Crippen LogP contribution in [0.5, 0.6) is 0 Å². The van der Waals surface area contributed by atoms with Crippen molar-refractivity contribution in [3.05, 3.63) is 59.7 Å². The van der Waals surface area contributed by atoms with Gasteiger partial charge >= 0.3 is 0 Å². The number of benzene rings is 2. The standard InChI is InChI=1S/C24H23N5O2/c1-14(30)15-10-12-17(13-11-15)29-22(25)20(24(31)26-16-6-2-3-7-16)21-23(29)28-19-9-5-4-8-18(19)27-21/h4-5,8-13,16H,2-3,6-7,25H2,1H3,(H,26,31). The third kappa shape index (κ3) is 3.32. The van der Waals surface area contributed by atoms with Gasteiger partial charge in [0.1, 0.15) is 16.9 Å². The molecular weight excluding hydrogens is 390 g/mol. The molecule has 0 aliphatic heterocycles. The van der Waals surface area contributed by atoms with Crippen molar-refractivity contribution in [2.75, 3.05) is 5.73 Å². The van der Waals surface area contributed by atoms with Crippen molar-refractivity contribution in [3.8, 4) is 5.69 Å². The van der Waals surface area contributed by atoms with E-state index >= 15 is 0 Å². The van der Waals surface area contributed by atoms with Gasteiger partial charge in [-0.05, 0) is 56.2 Å². The largest absolute Gasteiger partial charge is 0.384 e. The van der Waals surface area contributed by atoms with Crippen molar-refractivity contribution in [1.29, 1.82) is 0 Å². The number of hydrogen-bond acceptors (Lipinski definition) is 5. The molecule has 1 fully saturated rings. The number of amides is 1. The minimum atomic E-state index is -0.224. The molecule has 7 nitrogen and oxygen atoms in total. The minimum Gasteiger partial charge on any atom is -0.384 e. The van der Waals surface area contributed by atoms with Crippen molar-refractivity contribution < 1.29 is 9.59 Å². The lowest BCUT2D eigenvalue weighted by atomic mass is 10.1. The van der Waals surface area contributed by atoms with E-state index in [1.165, 1.54) is 6.92 Å². The van der Waals surface area contributed by atoms with E-state index in [1.807, 2.05) is 36.4 Å². The Morgan fingerprint density at radius 3 is 2.29 bits per heavy atom. The zero-order chi connectivity index (χ0) is 21.5. The van der Waals surface area contributed by atoms with Gasteiger partial charge in [-0.1, -0.05) is 25.0 Å². The maximum absolute atomic E-state index is 13.2. The number of nitrogens with one attached hydrogen (secondary N) is 1. The van der Waals surface area contributed by atoms with E-state index in [2.05, 4.69) is 5.32 Å². The van der Waals surface area contributed by atoms with Crippen LogP contribution in [-0.2, 0) is 0 Å². The van der Waals surface area contributed by atoms with Crippen molar-refractivity contribution in [2.24, 2.45) is 0 Å². The maximum Gasteiger partial charge on any atom is 0.257 e. The summed E-state index contributed by atoms with van der Waals surface area (Å²) in [5, 5.41) is 3.12. The third-order valence-electron chi connectivity index (χ3n) is 5.95. The smallest absolute Gasteiger partial charge is 0.257 e. The van der Waals surface area contributed by atoms with Crippen LogP contribution in [0.3, 0.4) is 0 Å². The highest BCUT2D eigenvalue weighted by Gasteiger charge is 2.27. The fraction of sp³-hybridized carbons (Fsp3) is 0.250. The van der Waals surface area contributed by atoms with Gasteiger partial charge < -0.3 is 11.1 Å². The summed E-state index contributed by atoms with van der Waals surface area (Å²) in [5.74, 6) is 0.0498. The zero-order valence-corrected chi connectivity index (χ0v) is 17.3. The molecule has 0 saturated heterocycles. The van der Waals surface area contributed by atoms with Gasteiger partial charge in [-0.3, -0.25) is 14.2 Å². The topological polar surface area (TPSA) is 103 Å². The van der Waals surface area contributed by atoms with Crippen molar-refractivity contribution in [3.63, 3.8) is 0 Å². The Morgan fingerprint density at radius 1 is 1.00 bits per heavy atom. The first-order valence-electron chi connectivity index (χ1n) is 10.5. The number of nitrogen functional groups attached to an aromatic ring is 1. The van der Waals surface area contributed by atoms with Crippen LogP contribution in [0.1, 0.15) is 53.3 Å². The van der Waals surface area contributed by atoms with E-state index < -0.39 is 0 Å². The van der Waals surface area contributed by atoms with Gasteiger partial charge in [0.05, 0.1) is 11.0 Å². The number of rotatable bonds is 4. The summed E-state index contributed by atoms with van der Waals surface area (Å²) >= 11 is 0. The lowest BCUT2D eigenvalue weighted by Crippen LogP contribution is -2.33. The molecule has 3 N–H and O–H groups in total. The summed E-state index contributed by atoms with van der Waals surface area (Å²) in [6.45, 7) is 1.53. The second kappa shape index (κ2) is 7.50. The normalized spacial score (nSPS) is 14.4. The average molecular weight is 413 g/mol. The first kappa shape index (κ1) is 19.2. The number of nitrogens with zero attached hydrogens (tertiary/aromatic N) is 3. The van der Waals surface area contributed by atoms with E-state index in [1.54, 1.807) is 16.7 Å². The van der Waals surface area contributed by atoms with Gasteiger partial charge in [0.2, 0.25) is 0 Å². The number of hydrogen-bond donors (Lipinski definition) is 2. The van der Waals surface area contributed by atoms with Gasteiger partial charge in [0, 0.05) is 17.3 Å².